The number of amides is 1. The van der Waals surface area contributed by atoms with Crippen LogP contribution in [0.15, 0.2) is 76.1 Å². The summed E-state index contributed by atoms with van der Waals surface area (Å²) in [5.74, 6) is 0.513. The second kappa shape index (κ2) is 9.09. The van der Waals surface area contributed by atoms with Crippen molar-refractivity contribution in [3.8, 4) is 0 Å². The normalized spacial score (nSPS) is 11.7. The van der Waals surface area contributed by atoms with Crippen molar-refractivity contribution in [2.75, 3.05) is 5.32 Å². The smallest absolute Gasteiger partial charge is 0.248 e. The molecule has 8 heteroatoms. The quantitative estimate of drug-likeness (QED) is 0.544. The summed E-state index contributed by atoms with van der Waals surface area (Å²) in [6.07, 6.45) is 2.82. The first kappa shape index (κ1) is 20.9. The van der Waals surface area contributed by atoms with Gasteiger partial charge in [0, 0.05) is 16.8 Å². The minimum atomic E-state index is -3.62. The van der Waals surface area contributed by atoms with Crippen LogP contribution in [-0.2, 0) is 21.4 Å². The highest BCUT2D eigenvalue weighted by molar-refractivity contribution is 7.89. The van der Waals surface area contributed by atoms with E-state index in [-0.39, 0.29) is 17.3 Å². The molecule has 0 atom stereocenters. The molecule has 0 unspecified atom stereocenters. The molecule has 0 saturated heterocycles. The summed E-state index contributed by atoms with van der Waals surface area (Å²) in [7, 11) is -3.62. The van der Waals surface area contributed by atoms with E-state index >= 15 is 0 Å². The van der Waals surface area contributed by atoms with Gasteiger partial charge >= 0.3 is 0 Å². The molecule has 1 amide bonds. The number of sulfonamides is 1. The summed E-state index contributed by atoms with van der Waals surface area (Å²) in [6, 6.07) is 16.6. The second-order valence-electron chi connectivity index (χ2n) is 6.23. The van der Waals surface area contributed by atoms with Crippen molar-refractivity contribution >= 4 is 39.3 Å². The number of carbonyl (C=O) groups is 1. The number of furan rings is 1. The molecular weight excluding hydrogens is 412 g/mol. The van der Waals surface area contributed by atoms with Gasteiger partial charge in [-0.15, -0.1) is 0 Å². The highest BCUT2D eigenvalue weighted by Gasteiger charge is 2.13. The van der Waals surface area contributed by atoms with Gasteiger partial charge in [0.15, 0.2) is 0 Å². The van der Waals surface area contributed by atoms with Crippen LogP contribution in [0.25, 0.3) is 6.08 Å². The Hall–Kier alpha value is -2.87. The van der Waals surface area contributed by atoms with E-state index in [1.54, 1.807) is 42.5 Å². The third kappa shape index (κ3) is 5.80. The SMILES string of the molecule is Cc1ccc(NC(=O)/C=C/c2ccc(CNS(=O)(=O)c3ccccc3)o2)cc1Cl. The number of anilines is 1. The van der Waals surface area contributed by atoms with Crippen LogP contribution < -0.4 is 10.0 Å². The molecule has 2 aromatic carbocycles. The highest BCUT2D eigenvalue weighted by Crippen LogP contribution is 2.20. The summed E-state index contributed by atoms with van der Waals surface area (Å²) in [5, 5.41) is 3.28. The first-order valence-corrected chi connectivity index (χ1v) is 10.6. The van der Waals surface area contributed by atoms with Crippen molar-refractivity contribution in [1.29, 1.82) is 0 Å². The van der Waals surface area contributed by atoms with E-state index in [9.17, 15) is 13.2 Å². The Balaban J connectivity index is 1.57. The highest BCUT2D eigenvalue weighted by atomic mass is 35.5. The predicted octanol–water partition coefficient (Wildman–Crippen LogP) is 4.37. The number of nitrogens with one attached hydrogen (secondary N) is 2. The summed E-state index contributed by atoms with van der Waals surface area (Å²) < 4.78 is 32.4. The fourth-order valence-electron chi connectivity index (χ4n) is 2.44. The number of hydrogen-bond donors (Lipinski definition) is 2. The molecule has 3 aromatic rings. The van der Waals surface area contributed by atoms with Crippen molar-refractivity contribution in [1.82, 2.24) is 4.72 Å². The van der Waals surface area contributed by atoms with Crippen LogP contribution in [0.3, 0.4) is 0 Å². The van der Waals surface area contributed by atoms with E-state index in [0.29, 0.717) is 22.2 Å². The van der Waals surface area contributed by atoms with Crippen molar-refractivity contribution in [2.24, 2.45) is 0 Å². The minimum Gasteiger partial charge on any atom is -0.460 e. The Labute approximate surface area is 174 Å². The van der Waals surface area contributed by atoms with E-state index < -0.39 is 10.0 Å². The van der Waals surface area contributed by atoms with Crippen molar-refractivity contribution in [3.63, 3.8) is 0 Å². The molecule has 0 radical (unpaired) electrons. The minimum absolute atomic E-state index is 0.000864. The molecule has 29 heavy (non-hydrogen) atoms. The molecule has 1 heterocycles. The molecule has 0 saturated carbocycles. The summed E-state index contributed by atoms with van der Waals surface area (Å²) in [4.78, 5) is 12.2. The molecule has 3 rings (SSSR count). The molecule has 6 nitrogen and oxygen atoms in total. The van der Waals surface area contributed by atoms with Crippen LogP contribution >= 0.6 is 11.6 Å². The number of halogens is 1. The van der Waals surface area contributed by atoms with E-state index in [2.05, 4.69) is 10.0 Å². The molecule has 150 valence electrons. The van der Waals surface area contributed by atoms with Gasteiger partial charge in [-0.3, -0.25) is 4.79 Å². The topological polar surface area (TPSA) is 88.4 Å². The van der Waals surface area contributed by atoms with E-state index in [1.165, 1.54) is 24.3 Å². The number of rotatable bonds is 7. The zero-order valence-electron chi connectivity index (χ0n) is 15.6. The number of hydrogen-bond acceptors (Lipinski definition) is 4. The molecule has 0 aliphatic rings. The average molecular weight is 431 g/mol. The largest absolute Gasteiger partial charge is 0.460 e. The Kier molecular flexibility index (Phi) is 6.53. The van der Waals surface area contributed by atoms with Gasteiger partial charge in [-0.2, -0.15) is 0 Å². The predicted molar refractivity (Wildman–Crippen MR) is 113 cm³/mol. The average Bonchev–Trinajstić information content (AvgIpc) is 3.16. The maximum Gasteiger partial charge on any atom is 0.248 e. The van der Waals surface area contributed by atoms with E-state index in [1.807, 2.05) is 13.0 Å². The number of benzene rings is 2. The Morgan fingerprint density at radius 1 is 1.10 bits per heavy atom. The molecule has 0 aliphatic heterocycles. The van der Waals surface area contributed by atoms with Gasteiger partial charge in [0.25, 0.3) is 0 Å². The van der Waals surface area contributed by atoms with E-state index in [0.717, 1.165) is 5.56 Å². The fourth-order valence-corrected chi connectivity index (χ4v) is 3.64. The van der Waals surface area contributed by atoms with Crippen molar-refractivity contribution in [2.45, 2.75) is 18.4 Å². The molecule has 0 aliphatic carbocycles. The lowest BCUT2D eigenvalue weighted by molar-refractivity contribution is -0.111. The maximum atomic E-state index is 12.2. The van der Waals surface area contributed by atoms with Gasteiger partial charge in [0.05, 0.1) is 11.4 Å². The summed E-state index contributed by atoms with van der Waals surface area (Å²) in [5.41, 5.74) is 1.51. The van der Waals surface area contributed by atoms with E-state index in [4.69, 9.17) is 16.0 Å². The van der Waals surface area contributed by atoms with Gasteiger partial charge in [-0.1, -0.05) is 35.9 Å². The Bertz CT molecular complexity index is 1140. The molecule has 2 N–H and O–H groups in total. The maximum absolute atomic E-state index is 12.2. The van der Waals surface area contributed by atoms with Crippen LogP contribution in [-0.4, -0.2) is 14.3 Å². The van der Waals surface area contributed by atoms with Crippen LogP contribution in [0.2, 0.25) is 5.02 Å². The number of aryl methyl sites for hydroxylation is 1. The van der Waals surface area contributed by atoms with Gasteiger partial charge in [0.1, 0.15) is 11.5 Å². The van der Waals surface area contributed by atoms with Gasteiger partial charge in [-0.25, -0.2) is 13.1 Å². The van der Waals surface area contributed by atoms with Gasteiger partial charge < -0.3 is 9.73 Å². The van der Waals surface area contributed by atoms with Crippen LogP contribution in [0.5, 0.6) is 0 Å². The first-order valence-electron chi connectivity index (χ1n) is 8.72. The monoisotopic (exact) mass is 430 g/mol. The lowest BCUT2D eigenvalue weighted by atomic mass is 10.2. The zero-order valence-corrected chi connectivity index (χ0v) is 17.1. The van der Waals surface area contributed by atoms with Gasteiger partial charge in [0.2, 0.25) is 15.9 Å². The summed E-state index contributed by atoms with van der Waals surface area (Å²) in [6.45, 7) is 1.88. The molecule has 1 aromatic heterocycles. The van der Waals surface area contributed by atoms with Crippen molar-refractivity contribution < 1.29 is 17.6 Å². The van der Waals surface area contributed by atoms with Crippen LogP contribution in [0.4, 0.5) is 5.69 Å². The summed E-state index contributed by atoms with van der Waals surface area (Å²) >= 11 is 6.04. The molecule has 0 fully saturated rings. The number of carbonyl (C=O) groups excluding carboxylic acids is 1. The first-order chi connectivity index (χ1) is 13.8. The zero-order chi connectivity index (χ0) is 20.9. The van der Waals surface area contributed by atoms with Crippen LogP contribution in [0, 0.1) is 6.92 Å². The second-order valence-corrected chi connectivity index (χ2v) is 8.40. The lowest BCUT2D eigenvalue weighted by Crippen LogP contribution is -2.22. The lowest BCUT2D eigenvalue weighted by Gasteiger charge is -2.04. The molecular formula is C21H19ClN2O4S. The third-order valence-electron chi connectivity index (χ3n) is 4.01. The Morgan fingerprint density at radius 3 is 2.59 bits per heavy atom. The molecule has 0 spiro atoms. The van der Waals surface area contributed by atoms with Crippen LogP contribution in [0.1, 0.15) is 17.1 Å². The van der Waals surface area contributed by atoms with Crippen molar-refractivity contribution in [3.05, 3.63) is 88.8 Å². The van der Waals surface area contributed by atoms with Gasteiger partial charge in [-0.05, 0) is 55.0 Å². The standard InChI is InChI=1S/C21H19ClN2O4S/c1-15-7-8-16(13-20(15)22)24-21(25)12-11-17-9-10-18(28-17)14-23-29(26,27)19-5-3-2-4-6-19/h2-13,23H,14H2,1H3,(H,24,25)/b12-11+. The fraction of sp³-hybridized carbons (Fsp3) is 0.0952. The Morgan fingerprint density at radius 2 is 1.86 bits per heavy atom. The third-order valence-corrected chi connectivity index (χ3v) is 5.84. The molecule has 0 bridgehead atoms.